The van der Waals surface area contributed by atoms with Crippen LogP contribution in [0, 0.1) is 5.92 Å². The van der Waals surface area contributed by atoms with Crippen LogP contribution in [-0.4, -0.2) is 36.0 Å². The van der Waals surface area contributed by atoms with Gasteiger partial charge in [0.25, 0.3) is 11.8 Å². The molecule has 3 N–H and O–H groups in total. The Morgan fingerprint density at radius 1 is 1.48 bits per heavy atom. The van der Waals surface area contributed by atoms with Crippen molar-refractivity contribution in [3.8, 4) is 5.75 Å². The van der Waals surface area contributed by atoms with Gasteiger partial charge in [-0.1, -0.05) is 6.92 Å². The van der Waals surface area contributed by atoms with Gasteiger partial charge < -0.3 is 20.5 Å². The number of rotatable bonds is 5. The number of carbonyl (C=O) groups is 3. The Labute approximate surface area is 121 Å². The van der Waals surface area contributed by atoms with E-state index < -0.39 is 11.9 Å². The maximum atomic E-state index is 12.0. The summed E-state index contributed by atoms with van der Waals surface area (Å²) >= 11 is 0. The summed E-state index contributed by atoms with van der Waals surface area (Å²) in [6.45, 7) is 1.73. The molecule has 1 heterocycles. The number of amides is 2. The summed E-state index contributed by atoms with van der Waals surface area (Å²) in [6.07, 6.45) is 0.439. The van der Waals surface area contributed by atoms with Gasteiger partial charge >= 0.3 is 5.97 Å². The lowest BCUT2D eigenvalue weighted by atomic mass is 10.1. The molecule has 7 nitrogen and oxygen atoms in total. The lowest BCUT2D eigenvalue weighted by Gasteiger charge is -2.18. The van der Waals surface area contributed by atoms with Crippen LogP contribution in [0.3, 0.4) is 0 Å². The van der Waals surface area contributed by atoms with E-state index in [2.05, 4.69) is 10.6 Å². The number of fused-ring (bicyclic) bond motifs is 1. The molecule has 0 aliphatic carbocycles. The summed E-state index contributed by atoms with van der Waals surface area (Å²) in [7, 11) is 0. The number of anilines is 1. The number of hydrogen-bond donors (Lipinski definition) is 3. The highest BCUT2D eigenvalue weighted by atomic mass is 16.5. The van der Waals surface area contributed by atoms with Gasteiger partial charge in [0.1, 0.15) is 5.75 Å². The highest BCUT2D eigenvalue weighted by molar-refractivity contribution is 5.99. The zero-order valence-corrected chi connectivity index (χ0v) is 11.5. The molecule has 0 saturated carbocycles. The van der Waals surface area contributed by atoms with Crippen LogP contribution in [0.1, 0.15) is 23.7 Å². The smallest absolute Gasteiger partial charge is 0.308 e. The van der Waals surface area contributed by atoms with Gasteiger partial charge in [-0.3, -0.25) is 14.4 Å². The average molecular weight is 292 g/mol. The van der Waals surface area contributed by atoms with Crippen molar-refractivity contribution in [3.63, 3.8) is 0 Å². The Morgan fingerprint density at radius 2 is 2.24 bits per heavy atom. The van der Waals surface area contributed by atoms with Crippen LogP contribution in [0.25, 0.3) is 0 Å². The molecule has 0 saturated heterocycles. The van der Waals surface area contributed by atoms with Gasteiger partial charge in [-0.05, 0) is 24.6 Å². The second kappa shape index (κ2) is 6.25. The van der Waals surface area contributed by atoms with Crippen LogP contribution in [0.2, 0.25) is 0 Å². The molecule has 0 bridgehead atoms. The average Bonchev–Trinajstić information content (AvgIpc) is 2.46. The zero-order chi connectivity index (χ0) is 15.4. The third kappa shape index (κ3) is 3.50. The number of ether oxygens (including phenoxy) is 1. The fraction of sp³-hybridized carbons (Fsp3) is 0.357. The quantitative estimate of drug-likeness (QED) is 0.746. The Balaban J connectivity index is 2.03. The third-order valence-corrected chi connectivity index (χ3v) is 3.23. The first-order valence-corrected chi connectivity index (χ1v) is 6.59. The molecule has 0 fully saturated rings. The Morgan fingerprint density at radius 3 is 2.90 bits per heavy atom. The molecule has 1 aromatic rings. The van der Waals surface area contributed by atoms with Crippen LogP contribution >= 0.6 is 0 Å². The van der Waals surface area contributed by atoms with Crippen LogP contribution in [0.5, 0.6) is 5.75 Å². The van der Waals surface area contributed by atoms with Crippen LogP contribution in [0.15, 0.2) is 18.2 Å². The van der Waals surface area contributed by atoms with Crippen molar-refractivity contribution < 1.29 is 24.2 Å². The van der Waals surface area contributed by atoms with Crippen LogP contribution in [0.4, 0.5) is 5.69 Å². The topological polar surface area (TPSA) is 105 Å². The summed E-state index contributed by atoms with van der Waals surface area (Å²) in [4.78, 5) is 34.0. The third-order valence-electron chi connectivity index (χ3n) is 3.23. The van der Waals surface area contributed by atoms with E-state index in [1.807, 2.05) is 0 Å². The van der Waals surface area contributed by atoms with Crippen molar-refractivity contribution in [2.75, 3.05) is 18.5 Å². The summed E-state index contributed by atoms with van der Waals surface area (Å²) in [5.41, 5.74) is 0.866. The van der Waals surface area contributed by atoms with E-state index in [1.165, 1.54) is 6.07 Å². The molecule has 0 radical (unpaired) electrons. The van der Waals surface area contributed by atoms with E-state index in [-0.39, 0.29) is 25.0 Å². The normalized spacial score (nSPS) is 14.4. The molecule has 112 valence electrons. The first-order chi connectivity index (χ1) is 10.0. The Hall–Kier alpha value is -2.57. The zero-order valence-electron chi connectivity index (χ0n) is 11.5. The minimum absolute atomic E-state index is 0.0688. The molecule has 1 aromatic carbocycles. The Bertz CT molecular complexity index is 585. The number of hydrogen-bond acceptors (Lipinski definition) is 4. The molecule has 1 aliphatic rings. The second-order valence-corrected chi connectivity index (χ2v) is 4.70. The lowest BCUT2D eigenvalue weighted by Crippen LogP contribution is -2.32. The summed E-state index contributed by atoms with van der Waals surface area (Å²) < 4.78 is 5.23. The number of aliphatic carboxylic acids is 1. The summed E-state index contributed by atoms with van der Waals surface area (Å²) in [5.74, 6) is -1.74. The van der Waals surface area contributed by atoms with E-state index in [9.17, 15) is 14.4 Å². The number of carboxylic acids is 1. The van der Waals surface area contributed by atoms with Crippen LogP contribution in [-0.2, 0) is 9.59 Å². The number of carboxylic acid groups (broad SMARTS) is 1. The molecule has 1 unspecified atom stereocenters. The highest BCUT2D eigenvalue weighted by Crippen LogP contribution is 2.28. The van der Waals surface area contributed by atoms with Gasteiger partial charge in [0.2, 0.25) is 0 Å². The van der Waals surface area contributed by atoms with Crippen molar-refractivity contribution >= 4 is 23.5 Å². The standard InChI is InChI=1S/C14H16N2O5/c1-2-8(14(19)20)6-15-13(18)9-3-4-10-11(5-9)21-7-12(17)16-10/h3-5,8H,2,6-7H2,1H3,(H,15,18)(H,16,17)(H,19,20). The summed E-state index contributed by atoms with van der Waals surface area (Å²) in [6, 6.07) is 4.65. The van der Waals surface area contributed by atoms with E-state index in [4.69, 9.17) is 9.84 Å². The molecule has 0 spiro atoms. The molecule has 0 aromatic heterocycles. The molecule has 1 atom stereocenters. The lowest BCUT2D eigenvalue weighted by molar-refractivity contribution is -0.141. The molecular weight excluding hydrogens is 276 g/mol. The van der Waals surface area contributed by atoms with E-state index in [1.54, 1.807) is 19.1 Å². The van der Waals surface area contributed by atoms with Gasteiger partial charge in [-0.15, -0.1) is 0 Å². The predicted molar refractivity (Wildman–Crippen MR) is 74.3 cm³/mol. The SMILES string of the molecule is CCC(CNC(=O)c1ccc2c(c1)OCC(=O)N2)C(=O)O. The van der Waals surface area contributed by atoms with Gasteiger partial charge in [0.05, 0.1) is 11.6 Å². The largest absolute Gasteiger partial charge is 0.482 e. The fourth-order valence-corrected chi connectivity index (χ4v) is 1.94. The van der Waals surface area contributed by atoms with E-state index in [0.717, 1.165) is 0 Å². The van der Waals surface area contributed by atoms with E-state index >= 15 is 0 Å². The van der Waals surface area contributed by atoms with Gasteiger partial charge in [0, 0.05) is 12.1 Å². The minimum Gasteiger partial charge on any atom is -0.482 e. The molecule has 1 aliphatic heterocycles. The summed E-state index contributed by atoms with van der Waals surface area (Å²) in [5, 5.41) is 14.1. The Kier molecular flexibility index (Phi) is 4.42. The minimum atomic E-state index is -0.936. The molecule has 21 heavy (non-hydrogen) atoms. The second-order valence-electron chi connectivity index (χ2n) is 4.70. The van der Waals surface area contributed by atoms with Crippen molar-refractivity contribution in [1.29, 1.82) is 0 Å². The number of carbonyl (C=O) groups excluding carboxylic acids is 2. The number of benzene rings is 1. The van der Waals surface area contributed by atoms with Gasteiger partial charge in [-0.2, -0.15) is 0 Å². The van der Waals surface area contributed by atoms with Crippen molar-refractivity contribution in [2.24, 2.45) is 5.92 Å². The highest BCUT2D eigenvalue weighted by Gasteiger charge is 2.19. The van der Waals surface area contributed by atoms with Gasteiger partial charge in [-0.25, -0.2) is 0 Å². The first-order valence-electron chi connectivity index (χ1n) is 6.59. The van der Waals surface area contributed by atoms with Crippen molar-refractivity contribution in [3.05, 3.63) is 23.8 Å². The number of nitrogens with one attached hydrogen (secondary N) is 2. The monoisotopic (exact) mass is 292 g/mol. The van der Waals surface area contributed by atoms with Crippen molar-refractivity contribution in [1.82, 2.24) is 5.32 Å². The van der Waals surface area contributed by atoms with E-state index in [0.29, 0.717) is 23.4 Å². The maximum absolute atomic E-state index is 12.0. The fourth-order valence-electron chi connectivity index (χ4n) is 1.94. The predicted octanol–water partition coefficient (Wildman–Crippen LogP) is 0.858. The maximum Gasteiger partial charge on any atom is 0.308 e. The molecule has 2 amide bonds. The molecule has 7 heteroatoms. The molecular formula is C14H16N2O5. The van der Waals surface area contributed by atoms with Gasteiger partial charge in [0.15, 0.2) is 6.61 Å². The van der Waals surface area contributed by atoms with Crippen molar-refractivity contribution in [2.45, 2.75) is 13.3 Å². The molecule has 2 rings (SSSR count). The van der Waals surface area contributed by atoms with Crippen LogP contribution < -0.4 is 15.4 Å². The first kappa shape index (κ1) is 14.8.